The normalized spacial score (nSPS) is 22.9. The third-order valence-corrected chi connectivity index (χ3v) is 5.63. The van der Waals surface area contributed by atoms with Crippen LogP contribution in [0.4, 0.5) is 0 Å². The Morgan fingerprint density at radius 2 is 1.75 bits per heavy atom. The van der Waals surface area contributed by atoms with Gasteiger partial charge < -0.3 is 19.7 Å². The van der Waals surface area contributed by atoms with Crippen molar-refractivity contribution in [2.75, 3.05) is 6.54 Å². The number of hydrogen-bond acceptors (Lipinski definition) is 4. The maximum Gasteiger partial charge on any atom is 0.457 e. The number of aliphatic hydroxyl groups is 1. The van der Waals surface area contributed by atoms with Crippen LogP contribution in [0.3, 0.4) is 0 Å². The second-order valence-corrected chi connectivity index (χ2v) is 8.13. The molecule has 1 aliphatic rings. The Balaban J connectivity index is 2.54. The molecule has 6 heteroatoms. The number of aliphatic hydroxyl groups excluding tert-OH is 1. The minimum atomic E-state index is -0.370. The molecule has 0 spiro atoms. The fourth-order valence-electron chi connectivity index (χ4n) is 3.44. The molecule has 1 amide bonds. The Morgan fingerprint density at radius 1 is 1.21 bits per heavy atom. The van der Waals surface area contributed by atoms with Crippen LogP contribution in [0.2, 0.25) is 6.32 Å². The van der Waals surface area contributed by atoms with Crippen molar-refractivity contribution in [3.63, 3.8) is 0 Å². The van der Waals surface area contributed by atoms with E-state index in [2.05, 4.69) is 39.9 Å². The topological polar surface area (TPSA) is 67.8 Å². The van der Waals surface area contributed by atoms with Gasteiger partial charge in [0.2, 0.25) is 5.91 Å². The molecule has 0 radical (unpaired) electrons. The second kappa shape index (κ2) is 8.68. The molecule has 0 aromatic carbocycles. The van der Waals surface area contributed by atoms with Gasteiger partial charge in [0.1, 0.15) is 0 Å². The summed E-state index contributed by atoms with van der Waals surface area (Å²) < 4.78 is 12.1. The summed E-state index contributed by atoms with van der Waals surface area (Å²) in [5.41, 5.74) is -0.586. The molecule has 5 nitrogen and oxygen atoms in total. The molecule has 140 valence electrons. The van der Waals surface area contributed by atoms with E-state index in [1.165, 1.54) is 6.92 Å². The van der Waals surface area contributed by atoms with Crippen LogP contribution in [0.1, 0.15) is 67.7 Å². The van der Waals surface area contributed by atoms with Crippen molar-refractivity contribution >= 4 is 13.0 Å². The smallest absolute Gasteiger partial charge is 0.403 e. The first-order valence-electron chi connectivity index (χ1n) is 9.28. The number of nitrogens with one attached hydrogen (secondary N) is 1. The molecular formula is C18H36BNO4. The zero-order valence-corrected chi connectivity index (χ0v) is 16.5. The van der Waals surface area contributed by atoms with Gasteiger partial charge in [-0.05, 0) is 59.2 Å². The summed E-state index contributed by atoms with van der Waals surface area (Å²) in [5.74, 6) is 0.433. The summed E-state index contributed by atoms with van der Waals surface area (Å²) in [5, 5.41) is 12.9. The minimum Gasteiger partial charge on any atom is -0.403 e. The highest BCUT2D eigenvalue weighted by Gasteiger charge is 2.50. The Kier molecular flexibility index (Phi) is 7.76. The Labute approximate surface area is 148 Å². The van der Waals surface area contributed by atoms with Gasteiger partial charge in [0.15, 0.2) is 0 Å². The zero-order valence-electron chi connectivity index (χ0n) is 16.5. The van der Waals surface area contributed by atoms with Crippen LogP contribution in [0.15, 0.2) is 0 Å². The summed E-state index contributed by atoms with van der Waals surface area (Å²) in [7, 11) is -0.178. The highest BCUT2D eigenvalue weighted by molar-refractivity contribution is 6.45. The van der Waals surface area contributed by atoms with Gasteiger partial charge in [0, 0.05) is 13.5 Å². The highest BCUT2D eigenvalue weighted by Crippen LogP contribution is 2.38. The van der Waals surface area contributed by atoms with E-state index in [0.29, 0.717) is 6.54 Å². The molecule has 0 saturated carbocycles. The van der Waals surface area contributed by atoms with Crippen molar-refractivity contribution in [1.29, 1.82) is 0 Å². The van der Waals surface area contributed by atoms with Crippen molar-refractivity contribution < 1.29 is 19.2 Å². The van der Waals surface area contributed by atoms with E-state index in [1.807, 2.05) is 6.92 Å². The van der Waals surface area contributed by atoms with E-state index in [4.69, 9.17) is 9.31 Å². The summed E-state index contributed by atoms with van der Waals surface area (Å²) in [6.07, 6.45) is 3.25. The first-order chi connectivity index (χ1) is 11.0. The van der Waals surface area contributed by atoms with Crippen molar-refractivity contribution in [1.82, 2.24) is 5.32 Å². The lowest BCUT2D eigenvalue weighted by Gasteiger charge is -2.32. The van der Waals surface area contributed by atoms with Crippen LogP contribution < -0.4 is 5.32 Å². The molecule has 0 aromatic heterocycles. The van der Waals surface area contributed by atoms with Gasteiger partial charge in [0.25, 0.3) is 0 Å². The molecule has 1 heterocycles. The number of hydrogen-bond donors (Lipinski definition) is 2. The minimum absolute atomic E-state index is 0.0218. The van der Waals surface area contributed by atoms with E-state index in [9.17, 15) is 9.90 Å². The van der Waals surface area contributed by atoms with E-state index < -0.39 is 0 Å². The van der Waals surface area contributed by atoms with Gasteiger partial charge in [-0.1, -0.05) is 19.8 Å². The second-order valence-electron chi connectivity index (χ2n) is 8.13. The average Bonchev–Trinajstić information content (AvgIpc) is 2.63. The van der Waals surface area contributed by atoms with Crippen LogP contribution >= 0.6 is 0 Å². The van der Waals surface area contributed by atoms with Crippen molar-refractivity contribution in [3.8, 4) is 0 Å². The zero-order chi connectivity index (χ0) is 18.5. The molecule has 3 atom stereocenters. The molecule has 1 unspecified atom stereocenters. The third-order valence-electron chi connectivity index (χ3n) is 5.63. The Hall–Kier alpha value is -0.585. The maximum absolute atomic E-state index is 11.2. The molecule has 1 fully saturated rings. The molecule has 24 heavy (non-hydrogen) atoms. The van der Waals surface area contributed by atoms with Crippen LogP contribution in [-0.2, 0) is 14.1 Å². The molecule has 1 aliphatic heterocycles. The lowest BCUT2D eigenvalue weighted by atomic mass is 9.77. The van der Waals surface area contributed by atoms with Crippen LogP contribution in [0, 0.1) is 11.8 Å². The van der Waals surface area contributed by atoms with Crippen molar-refractivity contribution in [2.45, 2.75) is 91.4 Å². The number of amides is 1. The quantitative estimate of drug-likeness (QED) is 0.633. The first-order valence-corrected chi connectivity index (χ1v) is 9.28. The summed E-state index contributed by atoms with van der Waals surface area (Å²) >= 11 is 0. The van der Waals surface area contributed by atoms with Gasteiger partial charge in [-0.2, -0.15) is 0 Å². The Morgan fingerprint density at radius 3 is 2.17 bits per heavy atom. The number of carbonyl (C=O) groups is 1. The van der Waals surface area contributed by atoms with Crippen molar-refractivity contribution in [2.24, 2.45) is 11.8 Å². The molecule has 0 aliphatic carbocycles. The number of carbonyl (C=O) groups excluding carboxylic acids is 1. The van der Waals surface area contributed by atoms with Gasteiger partial charge in [-0.25, -0.2) is 0 Å². The van der Waals surface area contributed by atoms with E-state index in [0.717, 1.165) is 25.6 Å². The largest absolute Gasteiger partial charge is 0.457 e. The number of rotatable bonds is 9. The summed E-state index contributed by atoms with van der Waals surface area (Å²) in [4.78, 5) is 11.2. The molecule has 0 bridgehead atoms. The van der Waals surface area contributed by atoms with Crippen LogP contribution in [0.5, 0.6) is 0 Å². The predicted octanol–water partition coefficient (Wildman–Crippen LogP) is 3.02. The third kappa shape index (κ3) is 5.75. The maximum atomic E-state index is 11.2. The van der Waals surface area contributed by atoms with E-state index >= 15 is 0 Å². The SMILES string of the molecule is CC[C@H](C(C)O)[C@H](CCCB1OC(C)(C)C(C)(C)O1)CNC(C)=O. The average molecular weight is 341 g/mol. The molecular weight excluding hydrogens is 305 g/mol. The van der Waals surface area contributed by atoms with Gasteiger partial charge in [-0.3, -0.25) is 4.79 Å². The van der Waals surface area contributed by atoms with Crippen LogP contribution in [0.25, 0.3) is 0 Å². The predicted molar refractivity (Wildman–Crippen MR) is 97.8 cm³/mol. The van der Waals surface area contributed by atoms with E-state index in [-0.39, 0.29) is 42.2 Å². The van der Waals surface area contributed by atoms with Gasteiger partial charge in [0.05, 0.1) is 17.3 Å². The standard InChI is InChI=1S/C18H36BNO4/c1-8-16(13(2)21)15(12-20-14(3)22)10-9-11-19-23-17(4,5)18(6,7)24-19/h13,15-16,21H,8-12H2,1-7H3,(H,20,22)/t13?,15-,16-/m1/s1. The lowest BCUT2D eigenvalue weighted by molar-refractivity contribution is -0.119. The fraction of sp³-hybridized carbons (Fsp3) is 0.944. The molecule has 2 N–H and O–H groups in total. The molecule has 1 saturated heterocycles. The fourth-order valence-corrected chi connectivity index (χ4v) is 3.44. The molecule has 0 aromatic rings. The highest BCUT2D eigenvalue weighted by atomic mass is 16.7. The lowest BCUT2D eigenvalue weighted by Crippen LogP contribution is -2.41. The van der Waals surface area contributed by atoms with E-state index in [1.54, 1.807) is 0 Å². The summed E-state index contributed by atoms with van der Waals surface area (Å²) in [6, 6.07) is 0. The van der Waals surface area contributed by atoms with Gasteiger partial charge in [-0.15, -0.1) is 0 Å². The summed E-state index contributed by atoms with van der Waals surface area (Å²) in [6.45, 7) is 14.3. The van der Waals surface area contributed by atoms with Crippen LogP contribution in [-0.4, -0.2) is 42.0 Å². The van der Waals surface area contributed by atoms with Gasteiger partial charge >= 0.3 is 7.12 Å². The monoisotopic (exact) mass is 341 g/mol. The Bertz CT molecular complexity index is 396. The first kappa shape index (κ1) is 21.5. The molecule has 1 rings (SSSR count). The van der Waals surface area contributed by atoms with Crippen molar-refractivity contribution in [3.05, 3.63) is 0 Å².